The Balaban J connectivity index is 2.25. The molecule has 0 bridgehead atoms. The summed E-state index contributed by atoms with van der Waals surface area (Å²) in [5.41, 5.74) is 0.671. The molecule has 0 saturated carbocycles. The lowest BCUT2D eigenvalue weighted by Crippen LogP contribution is -1.88. The normalized spacial score (nSPS) is 10.4. The first-order valence-electron chi connectivity index (χ1n) is 4.21. The van der Waals surface area contributed by atoms with Gasteiger partial charge in [0.05, 0.1) is 0 Å². The number of hydrogen-bond donors (Lipinski definition) is 0. The first-order valence-corrected chi connectivity index (χ1v) is 5.09. The average molecular weight is 210 g/mol. The second-order valence-electron chi connectivity index (χ2n) is 3.03. The monoisotopic (exact) mass is 210 g/mol. The van der Waals surface area contributed by atoms with Crippen LogP contribution in [0.1, 0.15) is 10.4 Å². The summed E-state index contributed by atoms with van der Waals surface area (Å²) in [4.78, 5) is 1.11. The molecule has 0 nitrogen and oxygen atoms in total. The predicted molar refractivity (Wildman–Crippen MR) is 53.5 cm³/mol. The van der Waals surface area contributed by atoms with E-state index in [-0.39, 0.29) is 0 Å². The zero-order chi connectivity index (χ0) is 9.97. The van der Waals surface area contributed by atoms with Crippen molar-refractivity contribution in [3.05, 3.63) is 57.8 Å². The molecule has 2 rings (SSSR count). The Morgan fingerprint density at radius 1 is 1.07 bits per heavy atom. The van der Waals surface area contributed by atoms with E-state index in [0.717, 1.165) is 10.9 Å². The molecule has 0 spiro atoms. The van der Waals surface area contributed by atoms with E-state index in [4.69, 9.17) is 0 Å². The molecule has 0 radical (unpaired) electrons. The van der Waals surface area contributed by atoms with Crippen LogP contribution < -0.4 is 0 Å². The van der Waals surface area contributed by atoms with Crippen molar-refractivity contribution in [1.82, 2.24) is 0 Å². The van der Waals surface area contributed by atoms with Gasteiger partial charge in [-0.2, -0.15) is 0 Å². The molecule has 0 fully saturated rings. The fourth-order valence-corrected chi connectivity index (χ4v) is 2.07. The Morgan fingerprint density at radius 3 is 2.36 bits per heavy atom. The van der Waals surface area contributed by atoms with E-state index in [2.05, 4.69) is 0 Å². The summed E-state index contributed by atoms with van der Waals surface area (Å²) in [6, 6.07) is 7.49. The van der Waals surface area contributed by atoms with Gasteiger partial charge in [-0.3, -0.25) is 0 Å². The second-order valence-corrected chi connectivity index (χ2v) is 4.07. The van der Waals surface area contributed by atoms with Crippen LogP contribution in [-0.4, -0.2) is 0 Å². The highest BCUT2D eigenvalue weighted by atomic mass is 32.1. The third kappa shape index (κ3) is 2.17. The minimum absolute atomic E-state index is 0.517. The Labute approximate surface area is 84.8 Å². The fourth-order valence-electron chi connectivity index (χ4n) is 1.33. The van der Waals surface area contributed by atoms with E-state index in [1.54, 1.807) is 11.3 Å². The SMILES string of the molecule is Fc1cc(F)cc(Cc2cccs2)c1. The van der Waals surface area contributed by atoms with Crippen LogP contribution in [0.5, 0.6) is 0 Å². The van der Waals surface area contributed by atoms with Crippen molar-refractivity contribution in [3.8, 4) is 0 Å². The second kappa shape index (κ2) is 3.88. The van der Waals surface area contributed by atoms with Gasteiger partial charge in [-0.25, -0.2) is 8.78 Å². The molecule has 0 unspecified atom stereocenters. The van der Waals surface area contributed by atoms with Gasteiger partial charge in [0.2, 0.25) is 0 Å². The molecule has 0 aliphatic rings. The third-order valence-corrected chi connectivity index (χ3v) is 2.76. The van der Waals surface area contributed by atoms with Crippen LogP contribution in [0.2, 0.25) is 0 Å². The van der Waals surface area contributed by atoms with Crippen molar-refractivity contribution in [2.75, 3.05) is 0 Å². The molecular weight excluding hydrogens is 202 g/mol. The molecule has 0 aliphatic heterocycles. The molecular formula is C11H8F2S. The lowest BCUT2D eigenvalue weighted by Gasteiger charge is -1.99. The van der Waals surface area contributed by atoms with Crippen LogP contribution in [0.3, 0.4) is 0 Å². The van der Waals surface area contributed by atoms with Crippen molar-refractivity contribution in [2.24, 2.45) is 0 Å². The number of rotatable bonds is 2. The molecule has 1 aromatic heterocycles. The minimum Gasteiger partial charge on any atom is -0.207 e. The van der Waals surface area contributed by atoms with Crippen molar-refractivity contribution in [3.63, 3.8) is 0 Å². The summed E-state index contributed by atoms with van der Waals surface area (Å²) in [5, 5.41) is 1.95. The zero-order valence-electron chi connectivity index (χ0n) is 7.34. The van der Waals surface area contributed by atoms with Gasteiger partial charge >= 0.3 is 0 Å². The summed E-state index contributed by atoms with van der Waals surface area (Å²) < 4.78 is 25.6. The molecule has 0 atom stereocenters. The maximum absolute atomic E-state index is 12.8. The summed E-state index contributed by atoms with van der Waals surface area (Å²) in [5.74, 6) is -1.03. The highest BCUT2D eigenvalue weighted by Gasteiger charge is 2.02. The third-order valence-electron chi connectivity index (χ3n) is 1.88. The number of hydrogen-bond acceptors (Lipinski definition) is 1. The van der Waals surface area contributed by atoms with Gasteiger partial charge in [0.1, 0.15) is 11.6 Å². The molecule has 1 heterocycles. The lowest BCUT2D eigenvalue weighted by molar-refractivity contribution is 0.580. The molecule has 0 amide bonds. The van der Waals surface area contributed by atoms with Gasteiger partial charge in [-0.1, -0.05) is 6.07 Å². The summed E-state index contributed by atoms with van der Waals surface area (Å²) in [7, 11) is 0. The number of halogens is 2. The summed E-state index contributed by atoms with van der Waals surface area (Å²) in [6.07, 6.45) is 0.590. The van der Waals surface area contributed by atoms with Crippen molar-refractivity contribution < 1.29 is 8.78 Å². The van der Waals surface area contributed by atoms with E-state index in [1.165, 1.54) is 12.1 Å². The van der Waals surface area contributed by atoms with Gasteiger partial charge in [0, 0.05) is 17.4 Å². The van der Waals surface area contributed by atoms with Crippen LogP contribution in [0.15, 0.2) is 35.7 Å². The highest BCUT2D eigenvalue weighted by molar-refractivity contribution is 7.09. The van der Waals surface area contributed by atoms with Crippen LogP contribution in [0, 0.1) is 11.6 Å². The Hall–Kier alpha value is -1.22. The lowest BCUT2D eigenvalue weighted by atomic mass is 10.1. The van der Waals surface area contributed by atoms with Gasteiger partial charge < -0.3 is 0 Å². The number of thiophene rings is 1. The zero-order valence-corrected chi connectivity index (χ0v) is 8.15. The van der Waals surface area contributed by atoms with Crippen LogP contribution in [-0.2, 0) is 6.42 Å². The highest BCUT2D eigenvalue weighted by Crippen LogP contribution is 2.16. The molecule has 0 N–H and O–H groups in total. The molecule has 0 saturated heterocycles. The summed E-state index contributed by atoms with van der Waals surface area (Å²) in [6.45, 7) is 0. The first kappa shape index (κ1) is 9.34. The van der Waals surface area contributed by atoms with Gasteiger partial charge in [-0.05, 0) is 29.1 Å². The molecule has 72 valence electrons. The maximum Gasteiger partial charge on any atom is 0.126 e. The maximum atomic E-state index is 12.8. The fraction of sp³-hybridized carbons (Fsp3) is 0.0909. The Bertz CT molecular complexity index is 401. The van der Waals surface area contributed by atoms with Gasteiger partial charge in [0.15, 0.2) is 0 Å². The number of benzene rings is 1. The van der Waals surface area contributed by atoms with Gasteiger partial charge in [-0.15, -0.1) is 11.3 Å². The minimum atomic E-state index is -0.517. The van der Waals surface area contributed by atoms with E-state index in [1.807, 2.05) is 17.5 Å². The molecule has 2 aromatic rings. The van der Waals surface area contributed by atoms with E-state index in [9.17, 15) is 8.78 Å². The van der Waals surface area contributed by atoms with E-state index >= 15 is 0 Å². The van der Waals surface area contributed by atoms with Crippen LogP contribution >= 0.6 is 11.3 Å². The van der Waals surface area contributed by atoms with E-state index in [0.29, 0.717) is 12.0 Å². The van der Waals surface area contributed by atoms with Crippen molar-refractivity contribution in [1.29, 1.82) is 0 Å². The largest absolute Gasteiger partial charge is 0.207 e. The van der Waals surface area contributed by atoms with Crippen LogP contribution in [0.4, 0.5) is 8.78 Å². The van der Waals surface area contributed by atoms with Gasteiger partial charge in [0.25, 0.3) is 0 Å². The molecule has 3 heteroatoms. The van der Waals surface area contributed by atoms with E-state index < -0.39 is 11.6 Å². The standard InChI is InChI=1S/C11H8F2S/c12-9-4-8(5-10(13)7-9)6-11-2-1-3-14-11/h1-5,7H,6H2. The summed E-state index contributed by atoms with van der Waals surface area (Å²) >= 11 is 1.58. The Kier molecular flexibility index (Phi) is 2.59. The van der Waals surface area contributed by atoms with Crippen LogP contribution in [0.25, 0.3) is 0 Å². The predicted octanol–water partition coefficient (Wildman–Crippen LogP) is 3.62. The topological polar surface area (TPSA) is 0 Å². The molecule has 0 aliphatic carbocycles. The molecule has 1 aromatic carbocycles. The smallest absolute Gasteiger partial charge is 0.126 e. The van der Waals surface area contributed by atoms with Crippen molar-refractivity contribution in [2.45, 2.75) is 6.42 Å². The average Bonchev–Trinajstić information content (AvgIpc) is 2.54. The quantitative estimate of drug-likeness (QED) is 0.710. The van der Waals surface area contributed by atoms with Crippen molar-refractivity contribution >= 4 is 11.3 Å². The molecule has 14 heavy (non-hydrogen) atoms. The first-order chi connectivity index (χ1) is 6.74. The Morgan fingerprint density at radius 2 is 1.79 bits per heavy atom.